The van der Waals surface area contributed by atoms with Gasteiger partial charge in [0.05, 0.1) is 17.1 Å². The third-order valence-electron chi connectivity index (χ3n) is 6.29. The monoisotopic (exact) mass is 512 g/mol. The second-order valence-corrected chi connectivity index (χ2v) is 9.68. The summed E-state index contributed by atoms with van der Waals surface area (Å²) in [4.78, 5) is 39.8. The van der Waals surface area contributed by atoms with E-state index in [1.165, 1.54) is 6.42 Å². The van der Waals surface area contributed by atoms with Gasteiger partial charge in [0.15, 0.2) is 0 Å². The summed E-state index contributed by atoms with van der Waals surface area (Å²) < 4.78 is 0. The second kappa shape index (κ2) is 13.9. The highest BCUT2D eigenvalue weighted by atomic mass is 35.5. The van der Waals surface area contributed by atoms with Crippen LogP contribution >= 0.6 is 11.6 Å². The molecule has 0 heterocycles. The molecule has 0 aliphatic heterocycles. The SMILES string of the molecule is CCCN(CCC)C(=O)c1ccc(NCC(=O)Nc2ccc(Cl)c(C(=O)NC3CCCCC3)c2)cc1. The first-order valence-electron chi connectivity index (χ1n) is 12.9. The largest absolute Gasteiger partial charge is 0.376 e. The van der Waals surface area contributed by atoms with Crippen molar-refractivity contribution < 1.29 is 14.4 Å². The Balaban J connectivity index is 1.53. The van der Waals surface area contributed by atoms with E-state index in [-0.39, 0.29) is 30.3 Å². The van der Waals surface area contributed by atoms with Crippen LogP contribution in [0, 0.1) is 0 Å². The van der Waals surface area contributed by atoms with Crippen molar-refractivity contribution in [1.82, 2.24) is 10.2 Å². The molecule has 0 saturated heterocycles. The van der Waals surface area contributed by atoms with Crippen molar-refractivity contribution in [1.29, 1.82) is 0 Å². The minimum atomic E-state index is -0.256. The fourth-order valence-corrected chi connectivity index (χ4v) is 4.65. The molecule has 1 fully saturated rings. The standard InChI is InChI=1S/C28H37ClN4O3/c1-3-16-33(17-4-2)28(36)20-10-12-21(13-11-20)30-19-26(34)31-23-14-15-25(29)24(18-23)27(35)32-22-8-6-5-7-9-22/h10-15,18,22,30H,3-9,16-17,19H2,1-2H3,(H,31,34)(H,32,35). The van der Waals surface area contributed by atoms with Crippen molar-refractivity contribution in [3.8, 4) is 0 Å². The molecule has 0 atom stereocenters. The molecule has 1 aliphatic rings. The fourth-order valence-electron chi connectivity index (χ4n) is 4.44. The summed E-state index contributed by atoms with van der Waals surface area (Å²) >= 11 is 6.26. The maximum absolute atomic E-state index is 12.7. The highest BCUT2D eigenvalue weighted by molar-refractivity contribution is 6.34. The summed E-state index contributed by atoms with van der Waals surface area (Å²) in [6.07, 6.45) is 7.25. The van der Waals surface area contributed by atoms with Crippen LogP contribution in [0.2, 0.25) is 5.02 Å². The van der Waals surface area contributed by atoms with Crippen molar-refractivity contribution in [2.75, 3.05) is 30.3 Å². The first-order chi connectivity index (χ1) is 17.4. The normalized spacial score (nSPS) is 13.6. The van der Waals surface area contributed by atoms with Gasteiger partial charge in [0.1, 0.15) is 0 Å². The number of nitrogens with zero attached hydrogens (tertiary/aromatic N) is 1. The number of amides is 3. The Bertz CT molecular complexity index is 1030. The minimum absolute atomic E-state index is 0.0223. The van der Waals surface area contributed by atoms with Crippen LogP contribution in [0.25, 0.3) is 0 Å². The molecule has 2 aromatic carbocycles. The number of halogens is 1. The molecule has 2 aromatic rings. The van der Waals surface area contributed by atoms with Crippen LogP contribution in [0.5, 0.6) is 0 Å². The van der Waals surface area contributed by atoms with Crippen LogP contribution in [0.4, 0.5) is 11.4 Å². The predicted molar refractivity (Wildman–Crippen MR) is 146 cm³/mol. The van der Waals surface area contributed by atoms with Crippen LogP contribution in [-0.4, -0.2) is 48.3 Å². The highest BCUT2D eigenvalue weighted by Crippen LogP contribution is 2.23. The van der Waals surface area contributed by atoms with Gasteiger partial charge in [-0.1, -0.05) is 44.7 Å². The molecule has 7 nitrogen and oxygen atoms in total. The zero-order valence-electron chi connectivity index (χ0n) is 21.2. The Morgan fingerprint density at radius 3 is 2.19 bits per heavy atom. The quantitative estimate of drug-likeness (QED) is 0.359. The smallest absolute Gasteiger partial charge is 0.253 e. The molecule has 3 N–H and O–H groups in total. The van der Waals surface area contributed by atoms with Crippen LogP contribution in [0.3, 0.4) is 0 Å². The third kappa shape index (κ3) is 7.98. The van der Waals surface area contributed by atoms with Gasteiger partial charge in [-0.15, -0.1) is 0 Å². The van der Waals surface area contributed by atoms with Gasteiger partial charge in [-0.3, -0.25) is 14.4 Å². The molecule has 8 heteroatoms. The average molecular weight is 513 g/mol. The number of carbonyl (C=O) groups excluding carboxylic acids is 3. The lowest BCUT2D eigenvalue weighted by Crippen LogP contribution is -2.36. The lowest BCUT2D eigenvalue weighted by atomic mass is 9.95. The molecular weight excluding hydrogens is 476 g/mol. The Hall–Kier alpha value is -3.06. The summed E-state index contributed by atoms with van der Waals surface area (Å²) in [5.74, 6) is -0.450. The molecule has 0 aromatic heterocycles. The number of anilines is 2. The Morgan fingerprint density at radius 1 is 0.917 bits per heavy atom. The average Bonchev–Trinajstić information content (AvgIpc) is 2.89. The van der Waals surface area contributed by atoms with E-state index in [0.717, 1.165) is 57.3 Å². The first kappa shape index (κ1) is 27.5. The summed E-state index contributed by atoms with van der Waals surface area (Å²) in [6.45, 7) is 5.64. The maximum Gasteiger partial charge on any atom is 0.253 e. The van der Waals surface area contributed by atoms with E-state index < -0.39 is 0 Å². The summed E-state index contributed by atoms with van der Waals surface area (Å²) in [5.41, 5.74) is 2.23. The van der Waals surface area contributed by atoms with Gasteiger partial charge in [-0.2, -0.15) is 0 Å². The zero-order valence-corrected chi connectivity index (χ0v) is 22.0. The first-order valence-corrected chi connectivity index (χ1v) is 13.3. The Kier molecular flexibility index (Phi) is 10.6. The van der Waals surface area contributed by atoms with E-state index in [0.29, 0.717) is 21.8 Å². The third-order valence-corrected chi connectivity index (χ3v) is 6.62. The number of hydrogen-bond acceptors (Lipinski definition) is 4. The summed E-state index contributed by atoms with van der Waals surface area (Å²) in [6, 6.07) is 12.2. The number of carbonyl (C=O) groups is 3. The van der Waals surface area contributed by atoms with Gasteiger partial charge in [0.25, 0.3) is 11.8 Å². The molecule has 36 heavy (non-hydrogen) atoms. The number of rotatable bonds is 11. The van der Waals surface area contributed by atoms with Crippen LogP contribution in [0.15, 0.2) is 42.5 Å². The summed E-state index contributed by atoms with van der Waals surface area (Å²) in [7, 11) is 0. The number of hydrogen-bond donors (Lipinski definition) is 3. The van der Waals surface area contributed by atoms with Gasteiger partial charge in [-0.25, -0.2) is 0 Å². The molecule has 194 valence electrons. The molecule has 1 aliphatic carbocycles. The minimum Gasteiger partial charge on any atom is -0.376 e. The van der Waals surface area contributed by atoms with Crippen molar-refractivity contribution in [3.63, 3.8) is 0 Å². The van der Waals surface area contributed by atoms with Crippen molar-refractivity contribution in [3.05, 3.63) is 58.6 Å². The molecule has 0 radical (unpaired) electrons. The lowest BCUT2D eigenvalue weighted by molar-refractivity contribution is -0.114. The van der Waals surface area contributed by atoms with E-state index >= 15 is 0 Å². The molecule has 0 unspecified atom stereocenters. The lowest BCUT2D eigenvalue weighted by Gasteiger charge is -2.23. The number of benzene rings is 2. The maximum atomic E-state index is 12.7. The van der Waals surface area contributed by atoms with Crippen LogP contribution in [-0.2, 0) is 4.79 Å². The fraction of sp³-hybridized carbons (Fsp3) is 0.464. The van der Waals surface area contributed by atoms with Crippen molar-refractivity contribution >= 4 is 40.7 Å². The van der Waals surface area contributed by atoms with E-state index in [1.54, 1.807) is 42.5 Å². The summed E-state index contributed by atoms with van der Waals surface area (Å²) in [5, 5.41) is 9.29. The van der Waals surface area contributed by atoms with Crippen LogP contribution < -0.4 is 16.0 Å². The highest BCUT2D eigenvalue weighted by Gasteiger charge is 2.19. The number of nitrogens with one attached hydrogen (secondary N) is 3. The van der Waals surface area contributed by atoms with Crippen molar-refractivity contribution in [2.45, 2.75) is 64.8 Å². The van der Waals surface area contributed by atoms with Gasteiger partial charge in [-0.05, 0) is 68.1 Å². The van der Waals surface area contributed by atoms with Gasteiger partial charge in [0, 0.05) is 36.1 Å². The van der Waals surface area contributed by atoms with E-state index in [2.05, 4.69) is 29.8 Å². The Morgan fingerprint density at radius 2 is 1.56 bits per heavy atom. The molecule has 0 bridgehead atoms. The zero-order chi connectivity index (χ0) is 25.9. The molecule has 3 amide bonds. The van der Waals surface area contributed by atoms with E-state index in [4.69, 9.17) is 11.6 Å². The molecule has 0 spiro atoms. The van der Waals surface area contributed by atoms with E-state index in [9.17, 15) is 14.4 Å². The van der Waals surface area contributed by atoms with Crippen molar-refractivity contribution in [2.24, 2.45) is 0 Å². The molecule has 1 saturated carbocycles. The Labute approximate surface area is 219 Å². The second-order valence-electron chi connectivity index (χ2n) is 9.27. The van der Waals surface area contributed by atoms with Gasteiger partial charge < -0.3 is 20.9 Å². The molecule has 3 rings (SSSR count). The van der Waals surface area contributed by atoms with E-state index in [1.807, 2.05) is 4.90 Å². The predicted octanol–water partition coefficient (Wildman–Crippen LogP) is 5.72. The topological polar surface area (TPSA) is 90.5 Å². The van der Waals surface area contributed by atoms with Gasteiger partial charge in [0.2, 0.25) is 5.91 Å². The van der Waals surface area contributed by atoms with Crippen LogP contribution in [0.1, 0.15) is 79.5 Å². The molecular formula is C28H37ClN4O3. The van der Waals surface area contributed by atoms with Gasteiger partial charge >= 0.3 is 0 Å².